The van der Waals surface area contributed by atoms with Crippen LogP contribution in [-0.4, -0.2) is 43.0 Å². The van der Waals surface area contributed by atoms with Gasteiger partial charge >= 0.3 is 0 Å². The average molecular weight is 199 g/mol. The van der Waals surface area contributed by atoms with E-state index in [0.29, 0.717) is 17.9 Å². The molecular weight excluding hydrogens is 178 g/mol. The molecule has 1 atom stereocenters. The minimum Gasteiger partial charge on any atom is -0.383 e. The topological polar surface area (TPSA) is 29.5 Å². The summed E-state index contributed by atoms with van der Waals surface area (Å²) in [5, 5.41) is 0. The highest BCUT2D eigenvalue weighted by Crippen LogP contribution is 2.22. The van der Waals surface area contributed by atoms with Crippen LogP contribution >= 0.6 is 0 Å². The second kappa shape index (κ2) is 5.47. The molecule has 0 spiro atoms. The first-order valence-electron chi connectivity index (χ1n) is 5.41. The summed E-state index contributed by atoms with van der Waals surface area (Å²) in [6.45, 7) is 6.05. The van der Waals surface area contributed by atoms with Gasteiger partial charge < -0.3 is 4.74 Å². The van der Waals surface area contributed by atoms with Crippen LogP contribution in [0.4, 0.5) is 0 Å². The summed E-state index contributed by atoms with van der Waals surface area (Å²) < 4.78 is 5.08. The molecule has 1 rings (SSSR count). The number of hydrogen-bond donors (Lipinski definition) is 0. The van der Waals surface area contributed by atoms with Crippen LogP contribution in [0, 0.1) is 0 Å². The van der Waals surface area contributed by atoms with Crippen LogP contribution in [0.2, 0.25) is 0 Å². The lowest BCUT2D eigenvalue weighted by Crippen LogP contribution is -2.41. The lowest BCUT2D eigenvalue weighted by molar-refractivity contribution is -0.117. The van der Waals surface area contributed by atoms with Gasteiger partial charge in [-0.1, -0.05) is 0 Å². The van der Waals surface area contributed by atoms with Gasteiger partial charge in [0.2, 0.25) is 0 Å². The van der Waals surface area contributed by atoms with Crippen molar-refractivity contribution in [2.45, 2.75) is 45.2 Å². The van der Waals surface area contributed by atoms with Crippen molar-refractivity contribution in [2.24, 2.45) is 0 Å². The van der Waals surface area contributed by atoms with E-state index in [4.69, 9.17) is 4.74 Å². The van der Waals surface area contributed by atoms with Gasteiger partial charge in [0.05, 0.1) is 6.61 Å². The molecule has 1 fully saturated rings. The van der Waals surface area contributed by atoms with Gasteiger partial charge in [0, 0.05) is 38.6 Å². The van der Waals surface area contributed by atoms with E-state index in [1.165, 1.54) is 0 Å². The SMILES string of the molecule is COCCN(C(C)C)C1CCC(=O)C1. The Morgan fingerprint density at radius 3 is 2.71 bits per heavy atom. The van der Waals surface area contributed by atoms with Crippen molar-refractivity contribution in [3.63, 3.8) is 0 Å². The van der Waals surface area contributed by atoms with Crippen molar-refractivity contribution < 1.29 is 9.53 Å². The van der Waals surface area contributed by atoms with Gasteiger partial charge in [-0.2, -0.15) is 0 Å². The molecule has 0 bridgehead atoms. The molecule has 0 radical (unpaired) electrons. The molecule has 0 aromatic heterocycles. The molecule has 0 amide bonds. The second-order valence-electron chi connectivity index (χ2n) is 4.26. The zero-order valence-corrected chi connectivity index (χ0v) is 9.45. The Labute approximate surface area is 86.4 Å². The summed E-state index contributed by atoms with van der Waals surface area (Å²) in [5.41, 5.74) is 0. The van der Waals surface area contributed by atoms with Crippen LogP contribution < -0.4 is 0 Å². The van der Waals surface area contributed by atoms with E-state index in [1.807, 2.05) is 0 Å². The fourth-order valence-corrected chi connectivity index (χ4v) is 2.14. The summed E-state index contributed by atoms with van der Waals surface area (Å²) >= 11 is 0. The van der Waals surface area contributed by atoms with Crippen LogP contribution in [0.3, 0.4) is 0 Å². The highest BCUT2D eigenvalue weighted by atomic mass is 16.5. The minimum atomic E-state index is 0.415. The maximum Gasteiger partial charge on any atom is 0.134 e. The third-order valence-electron chi connectivity index (χ3n) is 2.91. The first-order chi connectivity index (χ1) is 6.65. The van der Waals surface area contributed by atoms with E-state index >= 15 is 0 Å². The fourth-order valence-electron chi connectivity index (χ4n) is 2.14. The van der Waals surface area contributed by atoms with Gasteiger partial charge in [-0.15, -0.1) is 0 Å². The van der Waals surface area contributed by atoms with Crippen molar-refractivity contribution in [2.75, 3.05) is 20.3 Å². The highest BCUT2D eigenvalue weighted by Gasteiger charge is 2.28. The predicted octanol–water partition coefficient (Wildman–Crippen LogP) is 1.46. The molecule has 82 valence electrons. The number of Topliss-reactive ketones (excluding diaryl/α,β-unsaturated/α-hetero) is 1. The monoisotopic (exact) mass is 199 g/mol. The summed E-state index contributed by atoms with van der Waals surface area (Å²) in [6, 6.07) is 0.957. The Morgan fingerprint density at radius 1 is 1.57 bits per heavy atom. The molecule has 1 aliphatic carbocycles. The van der Waals surface area contributed by atoms with Gasteiger partial charge in [-0.25, -0.2) is 0 Å². The lowest BCUT2D eigenvalue weighted by atomic mass is 10.1. The van der Waals surface area contributed by atoms with Crippen LogP contribution in [0.1, 0.15) is 33.1 Å². The normalized spacial score (nSPS) is 22.6. The van der Waals surface area contributed by atoms with Crippen molar-refractivity contribution in [3.05, 3.63) is 0 Å². The van der Waals surface area contributed by atoms with Crippen molar-refractivity contribution >= 4 is 5.78 Å². The largest absolute Gasteiger partial charge is 0.383 e. The molecule has 0 heterocycles. The molecule has 0 aromatic rings. The number of ketones is 1. The van der Waals surface area contributed by atoms with Crippen LogP contribution in [0.25, 0.3) is 0 Å². The van der Waals surface area contributed by atoms with E-state index in [0.717, 1.165) is 32.4 Å². The zero-order chi connectivity index (χ0) is 10.6. The first-order valence-corrected chi connectivity index (χ1v) is 5.41. The Balaban J connectivity index is 2.45. The zero-order valence-electron chi connectivity index (χ0n) is 9.45. The second-order valence-corrected chi connectivity index (χ2v) is 4.26. The van der Waals surface area contributed by atoms with E-state index in [1.54, 1.807) is 7.11 Å². The summed E-state index contributed by atoms with van der Waals surface area (Å²) in [5.74, 6) is 0.415. The molecule has 1 unspecified atom stereocenters. The average Bonchev–Trinajstić information content (AvgIpc) is 2.52. The van der Waals surface area contributed by atoms with Gasteiger partial charge in [0.1, 0.15) is 5.78 Å². The van der Waals surface area contributed by atoms with Crippen LogP contribution in [0.15, 0.2) is 0 Å². The molecule has 0 saturated heterocycles. The third kappa shape index (κ3) is 3.07. The van der Waals surface area contributed by atoms with Gasteiger partial charge in [-0.05, 0) is 20.3 Å². The van der Waals surface area contributed by atoms with Gasteiger partial charge in [0.15, 0.2) is 0 Å². The number of nitrogens with zero attached hydrogens (tertiary/aromatic N) is 1. The summed E-state index contributed by atoms with van der Waals surface area (Å²) in [6.07, 6.45) is 2.53. The number of carbonyl (C=O) groups excluding carboxylic acids is 1. The number of methoxy groups -OCH3 is 1. The molecule has 0 aliphatic heterocycles. The van der Waals surface area contributed by atoms with Gasteiger partial charge in [-0.3, -0.25) is 9.69 Å². The Kier molecular flexibility index (Phi) is 4.55. The quantitative estimate of drug-likeness (QED) is 0.671. The number of hydrogen-bond acceptors (Lipinski definition) is 3. The van der Waals surface area contributed by atoms with E-state index in [-0.39, 0.29) is 0 Å². The molecular formula is C11H21NO2. The molecule has 3 heteroatoms. The molecule has 1 aliphatic rings. The van der Waals surface area contributed by atoms with Crippen molar-refractivity contribution in [1.29, 1.82) is 0 Å². The van der Waals surface area contributed by atoms with Crippen LogP contribution in [-0.2, 0) is 9.53 Å². The molecule has 1 saturated carbocycles. The Morgan fingerprint density at radius 2 is 2.29 bits per heavy atom. The maximum absolute atomic E-state index is 11.2. The van der Waals surface area contributed by atoms with E-state index < -0.39 is 0 Å². The lowest BCUT2D eigenvalue weighted by Gasteiger charge is -2.31. The third-order valence-corrected chi connectivity index (χ3v) is 2.91. The molecule has 14 heavy (non-hydrogen) atoms. The van der Waals surface area contributed by atoms with E-state index in [2.05, 4.69) is 18.7 Å². The number of rotatable bonds is 5. The maximum atomic E-state index is 11.2. The van der Waals surface area contributed by atoms with Gasteiger partial charge in [0.25, 0.3) is 0 Å². The van der Waals surface area contributed by atoms with Crippen molar-refractivity contribution in [3.8, 4) is 0 Å². The Bertz CT molecular complexity index is 192. The highest BCUT2D eigenvalue weighted by molar-refractivity contribution is 5.81. The molecule has 0 N–H and O–H groups in total. The summed E-state index contributed by atoms with van der Waals surface area (Å²) in [4.78, 5) is 13.6. The number of ether oxygens (including phenoxy) is 1. The summed E-state index contributed by atoms with van der Waals surface area (Å²) in [7, 11) is 1.72. The molecule has 3 nitrogen and oxygen atoms in total. The first kappa shape index (κ1) is 11.7. The minimum absolute atomic E-state index is 0.415. The van der Waals surface area contributed by atoms with E-state index in [9.17, 15) is 4.79 Å². The standard InChI is InChI=1S/C11H21NO2/c1-9(2)12(6-7-14-3)10-4-5-11(13)8-10/h9-10H,4-8H2,1-3H3. The van der Waals surface area contributed by atoms with Crippen molar-refractivity contribution in [1.82, 2.24) is 4.90 Å². The Hall–Kier alpha value is -0.410. The van der Waals surface area contributed by atoms with Crippen LogP contribution in [0.5, 0.6) is 0 Å². The number of carbonyl (C=O) groups is 1. The molecule has 0 aromatic carbocycles. The predicted molar refractivity (Wildman–Crippen MR) is 56.4 cm³/mol. The smallest absolute Gasteiger partial charge is 0.134 e. The fraction of sp³-hybridized carbons (Fsp3) is 0.909.